The minimum atomic E-state index is -0.410. The van der Waals surface area contributed by atoms with E-state index in [1.54, 1.807) is 36.4 Å². The van der Waals surface area contributed by atoms with Crippen molar-refractivity contribution in [2.75, 3.05) is 10.6 Å². The summed E-state index contributed by atoms with van der Waals surface area (Å²) in [5.74, 6) is -0.781. The minimum absolute atomic E-state index is 0.265. The second-order valence-corrected chi connectivity index (χ2v) is 5.03. The molecule has 2 rings (SSSR count). The highest BCUT2D eigenvalue weighted by molar-refractivity contribution is 6.33. The van der Waals surface area contributed by atoms with Crippen LogP contribution in [0, 0.1) is 6.92 Å². The molecule has 2 aromatic rings. The maximum absolute atomic E-state index is 11.8. The number of nitrogens with one attached hydrogen (secondary N) is 2. The zero-order valence-corrected chi connectivity index (χ0v) is 12.3. The smallest absolute Gasteiger partial charge is 0.233 e. The van der Waals surface area contributed by atoms with Crippen molar-refractivity contribution in [1.29, 1.82) is 0 Å². The van der Waals surface area contributed by atoms with Crippen molar-refractivity contribution in [2.45, 2.75) is 13.3 Å². The van der Waals surface area contributed by atoms with Crippen molar-refractivity contribution in [1.82, 2.24) is 0 Å². The summed E-state index contributed by atoms with van der Waals surface area (Å²) in [5.41, 5.74) is 2.26. The van der Waals surface area contributed by atoms with Gasteiger partial charge in [0.15, 0.2) is 0 Å². The fraction of sp³-hybridized carbons (Fsp3) is 0.125. The maximum Gasteiger partial charge on any atom is 0.233 e. The molecule has 0 aromatic heterocycles. The van der Waals surface area contributed by atoms with Crippen LogP contribution in [0.4, 0.5) is 11.4 Å². The van der Waals surface area contributed by atoms with Gasteiger partial charge in [-0.05, 0) is 31.2 Å². The molecule has 2 aromatic carbocycles. The standard InChI is InChI=1S/C16H15ClN2O2/c1-11-6-8-12(9-7-11)18-15(20)10-16(21)19-14-5-3-2-4-13(14)17/h2-9H,10H2,1H3,(H,18,20)(H,19,21). The lowest BCUT2D eigenvalue weighted by atomic mass is 10.2. The van der Waals surface area contributed by atoms with E-state index in [1.807, 2.05) is 19.1 Å². The van der Waals surface area contributed by atoms with E-state index in [4.69, 9.17) is 11.6 Å². The first-order valence-electron chi connectivity index (χ1n) is 6.45. The van der Waals surface area contributed by atoms with Crippen molar-refractivity contribution >= 4 is 34.8 Å². The predicted octanol–water partition coefficient (Wildman–Crippen LogP) is 3.62. The lowest BCUT2D eigenvalue weighted by molar-refractivity contribution is -0.123. The summed E-state index contributed by atoms with van der Waals surface area (Å²) in [6, 6.07) is 14.2. The van der Waals surface area contributed by atoms with Crippen LogP contribution in [0.1, 0.15) is 12.0 Å². The number of aryl methyl sites for hydroxylation is 1. The van der Waals surface area contributed by atoms with E-state index >= 15 is 0 Å². The van der Waals surface area contributed by atoms with Crippen LogP contribution in [0.15, 0.2) is 48.5 Å². The van der Waals surface area contributed by atoms with Crippen LogP contribution in [0.5, 0.6) is 0 Å². The number of rotatable bonds is 4. The number of halogens is 1. The second kappa shape index (κ2) is 6.90. The third-order valence-electron chi connectivity index (χ3n) is 2.80. The largest absolute Gasteiger partial charge is 0.326 e. The molecule has 0 unspecified atom stereocenters. The van der Waals surface area contributed by atoms with Crippen LogP contribution >= 0.6 is 11.6 Å². The van der Waals surface area contributed by atoms with Gasteiger partial charge in [0.2, 0.25) is 11.8 Å². The highest BCUT2D eigenvalue weighted by Gasteiger charge is 2.11. The van der Waals surface area contributed by atoms with Crippen LogP contribution in [0.25, 0.3) is 0 Å². The van der Waals surface area contributed by atoms with E-state index in [9.17, 15) is 9.59 Å². The van der Waals surface area contributed by atoms with Gasteiger partial charge in [-0.1, -0.05) is 41.4 Å². The molecule has 2 N–H and O–H groups in total. The number of carbonyl (C=O) groups excluding carboxylic acids is 2. The van der Waals surface area contributed by atoms with E-state index in [0.29, 0.717) is 16.4 Å². The molecule has 4 nitrogen and oxygen atoms in total. The van der Waals surface area contributed by atoms with Gasteiger partial charge in [0.25, 0.3) is 0 Å². The average Bonchev–Trinajstić information content (AvgIpc) is 2.44. The summed E-state index contributed by atoms with van der Waals surface area (Å²) in [4.78, 5) is 23.6. The van der Waals surface area contributed by atoms with E-state index in [1.165, 1.54) is 0 Å². The molecule has 0 spiro atoms. The number of hydrogen-bond acceptors (Lipinski definition) is 2. The molecule has 0 bridgehead atoms. The average molecular weight is 303 g/mol. The molecule has 0 saturated heterocycles. The maximum atomic E-state index is 11.8. The number of benzene rings is 2. The van der Waals surface area contributed by atoms with Crippen molar-refractivity contribution in [3.8, 4) is 0 Å². The highest BCUT2D eigenvalue weighted by atomic mass is 35.5. The molecule has 5 heteroatoms. The Hall–Kier alpha value is -2.33. The lowest BCUT2D eigenvalue weighted by Crippen LogP contribution is -2.21. The molecule has 0 radical (unpaired) electrons. The van der Waals surface area contributed by atoms with Crippen LogP contribution in [-0.2, 0) is 9.59 Å². The van der Waals surface area contributed by atoms with Gasteiger partial charge in [-0.25, -0.2) is 0 Å². The van der Waals surface area contributed by atoms with Gasteiger partial charge < -0.3 is 10.6 Å². The molecular formula is C16H15ClN2O2. The Labute approximate surface area is 128 Å². The van der Waals surface area contributed by atoms with Crippen LogP contribution < -0.4 is 10.6 Å². The second-order valence-electron chi connectivity index (χ2n) is 4.62. The van der Waals surface area contributed by atoms with E-state index in [-0.39, 0.29) is 12.3 Å². The monoisotopic (exact) mass is 302 g/mol. The van der Waals surface area contributed by atoms with Crippen LogP contribution in [0.3, 0.4) is 0 Å². The number of amides is 2. The SMILES string of the molecule is Cc1ccc(NC(=O)CC(=O)Nc2ccccc2Cl)cc1. The topological polar surface area (TPSA) is 58.2 Å². The summed E-state index contributed by atoms with van der Waals surface area (Å²) in [5, 5.41) is 5.71. The van der Waals surface area contributed by atoms with Gasteiger partial charge in [-0.3, -0.25) is 9.59 Å². The predicted molar refractivity (Wildman–Crippen MR) is 84.5 cm³/mol. The first-order valence-corrected chi connectivity index (χ1v) is 6.83. The van der Waals surface area contributed by atoms with Gasteiger partial charge in [0, 0.05) is 5.69 Å². The minimum Gasteiger partial charge on any atom is -0.326 e. The summed E-state index contributed by atoms with van der Waals surface area (Å²) >= 11 is 5.93. The molecule has 2 amide bonds. The quantitative estimate of drug-likeness (QED) is 0.848. The molecule has 0 saturated carbocycles. The fourth-order valence-electron chi connectivity index (χ4n) is 1.74. The molecule has 0 heterocycles. The van der Waals surface area contributed by atoms with Crippen LogP contribution in [0.2, 0.25) is 5.02 Å². The molecule has 0 aliphatic heterocycles. The number of carbonyl (C=O) groups is 2. The molecule has 0 fully saturated rings. The van der Waals surface area contributed by atoms with Gasteiger partial charge in [-0.2, -0.15) is 0 Å². The van der Waals surface area contributed by atoms with Crippen LogP contribution in [-0.4, -0.2) is 11.8 Å². The Bertz CT molecular complexity index is 654. The Morgan fingerprint density at radius 2 is 1.57 bits per heavy atom. The summed E-state index contributed by atoms with van der Waals surface area (Å²) in [6.07, 6.45) is -0.265. The Morgan fingerprint density at radius 1 is 0.952 bits per heavy atom. The van der Waals surface area contributed by atoms with Crippen molar-refractivity contribution in [3.63, 3.8) is 0 Å². The third-order valence-corrected chi connectivity index (χ3v) is 3.13. The molecule has 108 valence electrons. The first-order chi connectivity index (χ1) is 10.0. The summed E-state index contributed by atoms with van der Waals surface area (Å²) in [7, 11) is 0. The van der Waals surface area contributed by atoms with E-state index in [0.717, 1.165) is 5.56 Å². The fourth-order valence-corrected chi connectivity index (χ4v) is 1.93. The normalized spacial score (nSPS) is 10.0. The van der Waals surface area contributed by atoms with Gasteiger partial charge in [0.1, 0.15) is 6.42 Å². The van der Waals surface area contributed by atoms with E-state index < -0.39 is 5.91 Å². The Morgan fingerprint density at radius 3 is 2.24 bits per heavy atom. The zero-order chi connectivity index (χ0) is 15.2. The van der Waals surface area contributed by atoms with Crippen molar-refractivity contribution < 1.29 is 9.59 Å². The zero-order valence-electron chi connectivity index (χ0n) is 11.5. The number of anilines is 2. The van der Waals surface area contributed by atoms with Crippen molar-refractivity contribution in [3.05, 3.63) is 59.1 Å². The molecule has 0 atom stereocenters. The van der Waals surface area contributed by atoms with Crippen molar-refractivity contribution in [2.24, 2.45) is 0 Å². The van der Waals surface area contributed by atoms with E-state index in [2.05, 4.69) is 10.6 Å². The third kappa shape index (κ3) is 4.61. The Balaban J connectivity index is 1.89. The number of para-hydroxylation sites is 1. The summed E-state index contributed by atoms with van der Waals surface area (Å²) in [6.45, 7) is 1.96. The first kappa shape index (κ1) is 15.1. The Kier molecular flexibility index (Phi) is 4.95. The van der Waals surface area contributed by atoms with Gasteiger partial charge in [0.05, 0.1) is 10.7 Å². The number of hydrogen-bond donors (Lipinski definition) is 2. The van der Waals surface area contributed by atoms with Gasteiger partial charge in [-0.15, -0.1) is 0 Å². The molecule has 0 aliphatic rings. The molecule has 0 aliphatic carbocycles. The highest BCUT2D eigenvalue weighted by Crippen LogP contribution is 2.20. The van der Waals surface area contributed by atoms with Gasteiger partial charge >= 0.3 is 0 Å². The molecule has 21 heavy (non-hydrogen) atoms. The summed E-state index contributed by atoms with van der Waals surface area (Å²) < 4.78 is 0. The molecular weight excluding hydrogens is 288 g/mol. The lowest BCUT2D eigenvalue weighted by Gasteiger charge is -2.08.